The van der Waals surface area contributed by atoms with Gasteiger partial charge in [-0.15, -0.1) is 0 Å². The lowest BCUT2D eigenvalue weighted by Crippen LogP contribution is -2.15. The predicted molar refractivity (Wildman–Crippen MR) is 75.5 cm³/mol. The topological polar surface area (TPSA) is 28.0 Å². The van der Waals surface area contributed by atoms with Gasteiger partial charge in [-0.2, -0.15) is 5.10 Å². The fraction of sp³-hybridized carbons (Fsp3) is 0.143. The summed E-state index contributed by atoms with van der Waals surface area (Å²) < 4.78 is 12.9. The van der Waals surface area contributed by atoms with E-state index in [2.05, 4.69) is 23.4 Å². The maximum Gasteiger partial charge on any atom is 0.123 e. The number of nitrogens with zero attached hydrogens (tertiary/aromatic N) is 3. The summed E-state index contributed by atoms with van der Waals surface area (Å²) in [5.41, 5.74) is 2.19. The summed E-state index contributed by atoms with van der Waals surface area (Å²) in [5.74, 6) is -0.296. The van der Waals surface area contributed by atoms with Crippen LogP contribution >= 0.6 is 0 Å². The molecule has 0 aliphatic heterocycles. The number of hydrogen-bond acceptors (Lipinski definition) is 3. The van der Waals surface area contributed by atoms with Crippen LogP contribution in [0.5, 0.6) is 0 Å². The minimum absolute atomic E-state index is 0.296. The van der Waals surface area contributed by atoms with E-state index in [4.69, 9.17) is 0 Å². The van der Waals surface area contributed by atoms with E-state index in [1.807, 2.05) is 13.8 Å². The molecule has 1 rings (SSSR count). The second kappa shape index (κ2) is 6.49. The molecule has 3 nitrogen and oxygen atoms in total. The number of rotatable bonds is 5. The van der Waals surface area contributed by atoms with Crippen LogP contribution in [0, 0.1) is 5.82 Å². The van der Waals surface area contributed by atoms with Gasteiger partial charge in [0.05, 0.1) is 17.6 Å². The molecule has 0 saturated heterocycles. The summed E-state index contributed by atoms with van der Waals surface area (Å²) in [7, 11) is 0. The first-order valence-electron chi connectivity index (χ1n) is 5.46. The van der Waals surface area contributed by atoms with Crippen LogP contribution in [-0.4, -0.2) is 12.9 Å². The van der Waals surface area contributed by atoms with Crippen molar-refractivity contribution in [2.75, 3.05) is 5.01 Å². The molecule has 0 N–H and O–H groups in total. The van der Waals surface area contributed by atoms with Crippen molar-refractivity contribution >= 4 is 18.6 Å². The van der Waals surface area contributed by atoms with Gasteiger partial charge < -0.3 is 0 Å². The summed E-state index contributed by atoms with van der Waals surface area (Å²) in [6, 6.07) is 5.98. The van der Waals surface area contributed by atoms with E-state index < -0.39 is 0 Å². The summed E-state index contributed by atoms with van der Waals surface area (Å²) >= 11 is 0. The average molecular weight is 245 g/mol. The zero-order chi connectivity index (χ0) is 13.5. The second-order valence-corrected chi connectivity index (χ2v) is 3.63. The van der Waals surface area contributed by atoms with E-state index in [1.165, 1.54) is 12.1 Å². The molecule has 0 spiro atoms. The number of allylic oxidation sites excluding steroid dienone is 1. The average Bonchev–Trinajstić information content (AvgIpc) is 2.35. The Morgan fingerprint density at radius 2 is 1.94 bits per heavy atom. The molecular weight excluding hydrogens is 229 g/mol. The molecule has 0 bridgehead atoms. The zero-order valence-corrected chi connectivity index (χ0v) is 10.6. The molecule has 1 aromatic carbocycles. The van der Waals surface area contributed by atoms with Crippen LogP contribution in [0.4, 0.5) is 10.1 Å². The molecule has 0 radical (unpaired) electrons. The van der Waals surface area contributed by atoms with Gasteiger partial charge in [-0.05, 0) is 43.7 Å². The summed E-state index contributed by atoms with van der Waals surface area (Å²) in [6.07, 6.45) is 3.30. The summed E-state index contributed by atoms with van der Waals surface area (Å²) in [5, 5.41) is 5.48. The van der Waals surface area contributed by atoms with Crippen molar-refractivity contribution in [2.24, 2.45) is 10.1 Å². The molecule has 0 fully saturated rings. The molecule has 4 heteroatoms. The van der Waals surface area contributed by atoms with Gasteiger partial charge in [0.1, 0.15) is 5.82 Å². The largest absolute Gasteiger partial charge is 0.267 e. The quantitative estimate of drug-likeness (QED) is 0.441. The van der Waals surface area contributed by atoms with Gasteiger partial charge in [-0.1, -0.05) is 6.58 Å². The molecule has 0 aliphatic rings. The number of hydrazone groups is 1. The minimum Gasteiger partial charge on any atom is -0.267 e. The van der Waals surface area contributed by atoms with Gasteiger partial charge in [0, 0.05) is 12.9 Å². The van der Waals surface area contributed by atoms with Crippen molar-refractivity contribution in [3.63, 3.8) is 0 Å². The molecular formula is C14H16FN3. The Morgan fingerprint density at radius 1 is 1.33 bits per heavy atom. The molecule has 18 heavy (non-hydrogen) atoms. The number of aliphatic imine (C=N–C) groups is 1. The van der Waals surface area contributed by atoms with Gasteiger partial charge in [0.2, 0.25) is 0 Å². The first-order valence-corrected chi connectivity index (χ1v) is 5.46. The van der Waals surface area contributed by atoms with E-state index >= 15 is 0 Å². The Bertz CT molecular complexity index is 486. The second-order valence-electron chi connectivity index (χ2n) is 3.63. The van der Waals surface area contributed by atoms with E-state index in [0.717, 1.165) is 5.57 Å². The molecule has 1 aromatic rings. The first kappa shape index (κ1) is 13.8. The lowest BCUT2D eigenvalue weighted by Gasteiger charge is -2.21. The summed E-state index contributed by atoms with van der Waals surface area (Å²) in [6.45, 7) is 11.1. The third-order valence-corrected chi connectivity index (χ3v) is 2.22. The lowest BCUT2D eigenvalue weighted by atomic mass is 10.2. The van der Waals surface area contributed by atoms with Crippen LogP contribution in [0.2, 0.25) is 0 Å². The standard InChI is InChI=1S/C14H16FN3/c1-5-17-10-14(11(2)3)18(16-4)13-8-6-12(15)7-9-13/h5-10H,2,4H2,1,3H3/b14-10+,17-5?. The maximum atomic E-state index is 12.9. The van der Waals surface area contributed by atoms with Crippen LogP contribution in [0.25, 0.3) is 0 Å². The third kappa shape index (κ3) is 3.38. The Kier molecular flexibility index (Phi) is 4.99. The van der Waals surface area contributed by atoms with Gasteiger partial charge in [-0.3, -0.25) is 4.99 Å². The van der Waals surface area contributed by atoms with Crippen LogP contribution in [0.3, 0.4) is 0 Å². The zero-order valence-electron chi connectivity index (χ0n) is 10.6. The Labute approximate surface area is 107 Å². The van der Waals surface area contributed by atoms with Crippen molar-refractivity contribution in [2.45, 2.75) is 13.8 Å². The molecule has 0 amide bonds. The highest BCUT2D eigenvalue weighted by Crippen LogP contribution is 2.23. The number of anilines is 1. The van der Waals surface area contributed by atoms with Crippen molar-refractivity contribution in [1.82, 2.24) is 0 Å². The highest BCUT2D eigenvalue weighted by atomic mass is 19.1. The van der Waals surface area contributed by atoms with Gasteiger partial charge in [0.15, 0.2) is 0 Å². The Morgan fingerprint density at radius 3 is 2.39 bits per heavy atom. The van der Waals surface area contributed by atoms with E-state index in [-0.39, 0.29) is 5.82 Å². The molecule has 0 aromatic heterocycles. The normalized spacial score (nSPS) is 11.6. The van der Waals surface area contributed by atoms with Gasteiger partial charge in [0.25, 0.3) is 0 Å². The third-order valence-electron chi connectivity index (χ3n) is 2.22. The minimum atomic E-state index is -0.296. The van der Waals surface area contributed by atoms with Crippen molar-refractivity contribution < 1.29 is 4.39 Å². The molecule has 0 saturated carbocycles. The molecule has 0 aliphatic carbocycles. The number of hydrogen-bond donors (Lipinski definition) is 0. The SMILES string of the molecule is C=NN(/C(=C/N=CC)C(=C)C)c1ccc(F)cc1. The predicted octanol–water partition coefficient (Wildman–Crippen LogP) is 3.76. The van der Waals surface area contributed by atoms with E-state index in [9.17, 15) is 4.39 Å². The highest BCUT2D eigenvalue weighted by Gasteiger charge is 2.11. The van der Waals surface area contributed by atoms with Crippen LogP contribution in [-0.2, 0) is 0 Å². The highest BCUT2D eigenvalue weighted by molar-refractivity contribution is 5.59. The molecule has 0 unspecified atom stereocenters. The van der Waals surface area contributed by atoms with E-state index in [1.54, 1.807) is 29.6 Å². The van der Waals surface area contributed by atoms with E-state index in [0.29, 0.717) is 11.4 Å². The Balaban J connectivity index is 3.18. The van der Waals surface area contributed by atoms with Crippen molar-refractivity contribution in [3.8, 4) is 0 Å². The monoisotopic (exact) mass is 245 g/mol. The fourth-order valence-corrected chi connectivity index (χ4v) is 1.37. The lowest BCUT2D eigenvalue weighted by molar-refractivity contribution is 0.627. The fourth-order valence-electron chi connectivity index (χ4n) is 1.37. The van der Waals surface area contributed by atoms with Crippen LogP contribution in [0.15, 0.2) is 58.4 Å². The van der Waals surface area contributed by atoms with Gasteiger partial charge >= 0.3 is 0 Å². The van der Waals surface area contributed by atoms with Crippen molar-refractivity contribution in [1.29, 1.82) is 0 Å². The molecule has 94 valence electrons. The Hall–Kier alpha value is -2.23. The summed E-state index contributed by atoms with van der Waals surface area (Å²) in [4.78, 5) is 4.05. The van der Waals surface area contributed by atoms with Gasteiger partial charge in [-0.25, -0.2) is 9.40 Å². The smallest absolute Gasteiger partial charge is 0.123 e. The number of halogens is 1. The molecule has 0 heterocycles. The van der Waals surface area contributed by atoms with Crippen LogP contribution in [0.1, 0.15) is 13.8 Å². The van der Waals surface area contributed by atoms with Crippen molar-refractivity contribution in [3.05, 3.63) is 54.1 Å². The van der Waals surface area contributed by atoms with Crippen LogP contribution < -0.4 is 5.01 Å². The first-order chi connectivity index (χ1) is 8.60. The molecule has 0 atom stereocenters. The maximum absolute atomic E-state index is 12.9. The number of benzene rings is 1.